The number of pyridine rings is 1. The number of benzene rings is 3. The second kappa shape index (κ2) is 12.6. The van der Waals surface area contributed by atoms with Gasteiger partial charge >= 0.3 is 5.92 Å². The van der Waals surface area contributed by atoms with Crippen molar-refractivity contribution < 1.29 is 36.2 Å². The standard InChI is InChI=1S/C31H21F6N5O2/c32-23-10-13-25(26(33)15-23)30(43,16-28-39-41-42-40-28)31(36,37)27-14-7-20(17-38-27)2-1-19-5-11-24(12-6-19)44-18-21-3-8-22(9-4-21)29(34)35/h3-15,17,29,43H,16,18H2,(H,39,40,41,42). The molecule has 2 N–H and O–H groups in total. The molecule has 13 heteroatoms. The summed E-state index contributed by atoms with van der Waals surface area (Å²) in [5, 5.41) is 23.8. The predicted octanol–water partition coefficient (Wildman–Crippen LogP) is 6.01. The zero-order valence-electron chi connectivity index (χ0n) is 22.5. The van der Waals surface area contributed by atoms with E-state index in [0.717, 1.165) is 30.0 Å². The first-order chi connectivity index (χ1) is 21.0. The van der Waals surface area contributed by atoms with Gasteiger partial charge in [0.15, 0.2) is 11.4 Å². The molecular formula is C31H21F6N5O2. The quantitative estimate of drug-likeness (QED) is 0.157. The van der Waals surface area contributed by atoms with Crippen molar-refractivity contribution in [2.75, 3.05) is 0 Å². The number of rotatable bonds is 9. The first kappa shape index (κ1) is 30.2. The molecular weight excluding hydrogens is 588 g/mol. The predicted molar refractivity (Wildman–Crippen MR) is 144 cm³/mol. The lowest BCUT2D eigenvalue weighted by molar-refractivity contribution is -0.199. The summed E-state index contributed by atoms with van der Waals surface area (Å²) in [6, 6.07) is 16.5. The van der Waals surface area contributed by atoms with E-state index < -0.39 is 47.3 Å². The Bertz CT molecular complexity index is 1770. The van der Waals surface area contributed by atoms with Crippen LogP contribution in [0.5, 0.6) is 5.75 Å². The number of nitrogens with one attached hydrogen (secondary N) is 1. The lowest BCUT2D eigenvalue weighted by Crippen LogP contribution is -2.46. The summed E-state index contributed by atoms with van der Waals surface area (Å²) in [4.78, 5) is 3.78. The molecule has 0 aliphatic carbocycles. The number of nitrogens with zero attached hydrogens (tertiary/aromatic N) is 4. The van der Waals surface area contributed by atoms with E-state index in [1.165, 1.54) is 18.2 Å². The van der Waals surface area contributed by atoms with Gasteiger partial charge in [0.05, 0.1) is 6.42 Å². The average Bonchev–Trinajstić information content (AvgIpc) is 3.52. The molecule has 0 radical (unpaired) electrons. The number of tetrazole rings is 1. The van der Waals surface area contributed by atoms with Crippen LogP contribution in [0.1, 0.15) is 45.8 Å². The van der Waals surface area contributed by atoms with Crippen molar-refractivity contribution in [3.8, 4) is 17.6 Å². The van der Waals surface area contributed by atoms with Crippen molar-refractivity contribution in [3.63, 3.8) is 0 Å². The average molecular weight is 610 g/mol. The minimum Gasteiger partial charge on any atom is -0.489 e. The fourth-order valence-electron chi connectivity index (χ4n) is 4.26. The fraction of sp³-hybridized carbons (Fsp3) is 0.161. The Labute approximate surface area is 246 Å². The molecule has 7 nitrogen and oxygen atoms in total. The van der Waals surface area contributed by atoms with E-state index in [2.05, 4.69) is 37.4 Å². The number of aliphatic hydroxyl groups is 1. The Morgan fingerprint density at radius 2 is 1.59 bits per heavy atom. The number of ether oxygens (including phenoxy) is 1. The number of hydrogen-bond acceptors (Lipinski definition) is 6. The molecule has 0 aliphatic heterocycles. The molecule has 1 atom stereocenters. The first-order valence-corrected chi connectivity index (χ1v) is 12.9. The van der Waals surface area contributed by atoms with Crippen LogP contribution in [0.4, 0.5) is 26.3 Å². The highest BCUT2D eigenvalue weighted by Crippen LogP contribution is 2.47. The Kier molecular flexibility index (Phi) is 8.64. The van der Waals surface area contributed by atoms with Crippen LogP contribution in [0.15, 0.2) is 85.1 Å². The zero-order valence-corrected chi connectivity index (χ0v) is 22.5. The molecule has 224 valence electrons. The van der Waals surface area contributed by atoms with Gasteiger partial charge in [0.25, 0.3) is 6.43 Å². The minimum absolute atomic E-state index is 0.0716. The van der Waals surface area contributed by atoms with E-state index in [9.17, 15) is 22.7 Å². The molecule has 0 fully saturated rings. The summed E-state index contributed by atoms with van der Waals surface area (Å²) in [6.45, 7) is 0.176. The van der Waals surface area contributed by atoms with Crippen molar-refractivity contribution in [2.45, 2.75) is 31.0 Å². The molecule has 2 aromatic heterocycles. The third kappa shape index (κ3) is 6.55. The van der Waals surface area contributed by atoms with Crippen LogP contribution in [0.25, 0.3) is 0 Å². The van der Waals surface area contributed by atoms with E-state index in [1.807, 2.05) is 0 Å². The van der Waals surface area contributed by atoms with Crippen molar-refractivity contribution in [1.29, 1.82) is 0 Å². The molecule has 5 rings (SSSR count). The Balaban J connectivity index is 1.30. The van der Waals surface area contributed by atoms with Crippen LogP contribution < -0.4 is 4.74 Å². The van der Waals surface area contributed by atoms with Gasteiger partial charge in [-0.05, 0) is 48.0 Å². The Morgan fingerprint density at radius 1 is 0.886 bits per heavy atom. The van der Waals surface area contributed by atoms with E-state index in [-0.39, 0.29) is 23.6 Å². The monoisotopic (exact) mass is 609 g/mol. The highest BCUT2D eigenvalue weighted by atomic mass is 19.3. The van der Waals surface area contributed by atoms with Gasteiger partial charge in [0.1, 0.15) is 29.7 Å². The summed E-state index contributed by atoms with van der Waals surface area (Å²) in [6.07, 6.45) is -2.43. The molecule has 44 heavy (non-hydrogen) atoms. The van der Waals surface area contributed by atoms with Gasteiger partial charge in [-0.3, -0.25) is 4.98 Å². The first-order valence-electron chi connectivity index (χ1n) is 12.9. The minimum atomic E-state index is -4.20. The lowest BCUT2D eigenvalue weighted by atomic mass is 9.81. The maximum absolute atomic E-state index is 15.9. The number of hydrogen-bond donors (Lipinski definition) is 2. The summed E-state index contributed by atoms with van der Waals surface area (Å²) in [5.41, 5.74) is -3.54. The van der Waals surface area contributed by atoms with Crippen LogP contribution in [0.3, 0.4) is 0 Å². The molecule has 3 aromatic carbocycles. The van der Waals surface area contributed by atoms with Gasteiger partial charge in [-0.2, -0.15) is 14.0 Å². The van der Waals surface area contributed by atoms with E-state index in [1.54, 1.807) is 36.4 Å². The molecule has 1 unspecified atom stereocenters. The normalized spacial score (nSPS) is 12.8. The van der Waals surface area contributed by atoms with Gasteiger partial charge in [0.2, 0.25) is 0 Å². The van der Waals surface area contributed by atoms with E-state index in [4.69, 9.17) is 4.74 Å². The molecule has 0 saturated carbocycles. The van der Waals surface area contributed by atoms with Crippen LogP contribution in [-0.4, -0.2) is 30.7 Å². The molecule has 0 bridgehead atoms. The summed E-state index contributed by atoms with van der Waals surface area (Å²) in [5.74, 6) is -0.747. The summed E-state index contributed by atoms with van der Waals surface area (Å²) < 4.78 is 91.0. The molecule has 0 saturated heterocycles. The van der Waals surface area contributed by atoms with Crippen molar-refractivity contribution in [2.24, 2.45) is 0 Å². The van der Waals surface area contributed by atoms with Gasteiger partial charge < -0.3 is 9.84 Å². The number of alkyl halides is 4. The van der Waals surface area contributed by atoms with Gasteiger partial charge in [-0.15, -0.1) is 10.2 Å². The molecule has 0 amide bonds. The van der Waals surface area contributed by atoms with E-state index in [0.29, 0.717) is 17.4 Å². The number of halogens is 6. The van der Waals surface area contributed by atoms with Gasteiger partial charge in [0, 0.05) is 34.5 Å². The van der Waals surface area contributed by atoms with Crippen LogP contribution in [-0.2, 0) is 24.6 Å². The molecule has 0 spiro atoms. The smallest absolute Gasteiger partial charge is 0.322 e. The van der Waals surface area contributed by atoms with Gasteiger partial charge in [-0.25, -0.2) is 17.6 Å². The lowest BCUT2D eigenvalue weighted by Gasteiger charge is -2.35. The highest BCUT2D eigenvalue weighted by Gasteiger charge is 2.58. The fourth-order valence-corrected chi connectivity index (χ4v) is 4.26. The third-order valence-electron chi connectivity index (χ3n) is 6.63. The van der Waals surface area contributed by atoms with Gasteiger partial charge in [-0.1, -0.05) is 47.4 Å². The zero-order chi connectivity index (χ0) is 31.3. The van der Waals surface area contributed by atoms with E-state index >= 15 is 8.78 Å². The molecule has 2 heterocycles. The maximum Gasteiger partial charge on any atom is 0.322 e. The summed E-state index contributed by atoms with van der Waals surface area (Å²) >= 11 is 0. The second-order valence-electron chi connectivity index (χ2n) is 9.60. The molecule has 0 aliphatic rings. The Morgan fingerprint density at radius 3 is 2.20 bits per heavy atom. The highest BCUT2D eigenvalue weighted by molar-refractivity contribution is 5.44. The number of H-pyrrole nitrogens is 1. The second-order valence-corrected chi connectivity index (χ2v) is 9.60. The largest absolute Gasteiger partial charge is 0.489 e. The Hall–Kier alpha value is -5.22. The summed E-state index contributed by atoms with van der Waals surface area (Å²) in [7, 11) is 0. The number of aromatic nitrogens is 5. The van der Waals surface area contributed by atoms with Crippen LogP contribution in [0, 0.1) is 23.5 Å². The SMILES string of the molecule is OC(Cc1nn[nH]n1)(c1ccc(F)cc1F)C(F)(F)c1ccc(C#Cc2ccc(OCc3ccc(C(F)F)cc3)cc2)cn1. The maximum atomic E-state index is 15.9. The van der Waals surface area contributed by atoms with Crippen molar-refractivity contribution >= 4 is 0 Å². The topological polar surface area (TPSA) is 96.8 Å². The number of aromatic amines is 1. The molecule has 5 aromatic rings. The third-order valence-corrected chi connectivity index (χ3v) is 6.63. The van der Waals surface area contributed by atoms with Crippen molar-refractivity contribution in [1.82, 2.24) is 25.6 Å². The van der Waals surface area contributed by atoms with Crippen LogP contribution >= 0.6 is 0 Å². The van der Waals surface area contributed by atoms with Crippen LogP contribution in [0.2, 0.25) is 0 Å². The van der Waals surface area contributed by atoms with Crippen molar-refractivity contribution in [3.05, 3.63) is 136 Å².